The molecular formula is C27H28BrClN2O2. The van der Waals surface area contributed by atoms with E-state index in [1.54, 1.807) is 17.0 Å². The molecule has 1 N–H and O–H groups in total. The van der Waals surface area contributed by atoms with Gasteiger partial charge in [0.15, 0.2) is 0 Å². The van der Waals surface area contributed by atoms with Crippen molar-refractivity contribution in [3.05, 3.63) is 105 Å². The lowest BCUT2D eigenvalue weighted by Crippen LogP contribution is -2.51. The van der Waals surface area contributed by atoms with Gasteiger partial charge in [-0.3, -0.25) is 9.59 Å². The molecule has 0 fully saturated rings. The predicted octanol–water partition coefficient (Wildman–Crippen LogP) is 5.81. The maximum Gasteiger partial charge on any atom is 0.243 e. The molecule has 33 heavy (non-hydrogen) atoms. The van der Waals surface area contributed by atoms with Gasteiger partial charge < -0.3 is 10.2 Å². The van der Waals surface area contributed by atoms with E-state index in [0.717, 1.165) is 27.6 Å². The molecule has 0 aliphatic heterocycles. The summed E-state index contributed by atoms with van der Waals surface area (Å²) < 4.78 is 0.963. The summed E-state index contributed by atoms with van der Waals surface area (Å²) >= 11 is 9.60. The largest absolute Gasteiger partial charge is 0.354 e. The van der Waals surface area contributed by atoms with Crippen LogP contribution >= 0.6 is 27.5 Å². The van der Waals surface area contributed by atoms with E-state index in [9.17, 15) is 9.59 Å². The minimum atomic E-state index is -0.630. The molecule has 2 amide bonds. The smallest absolute Gasteiger partial charge is 0.243 e. The molecule has 0 aliphatic rings. The predicted molar refractivity (Wildman–Crippen MR) is 137 cm³/mol. The Kier molecular flexibility index (Phi) is 9.52. The van der Waals surface area contributed by atoms with Gasteiger partial charge in [-0.2, -0.15) is 0 Å². The first-order valence-electron chi connectivity index (χ1n) is 11.1. The number of benzene rings is 3. The summed E-state index contributed by atoms with van der Waals surface area (Å²) in [6.45, 7) is 2.92. The van der Waals surface area contributed by atoms with Gasteiger partial charge in [0.25, 0.3) is 0 Å². The molecule has 172 valence electrons. The zero-order chi connectivity index (χ0) is 23.6. The van der Waals surface area contributed by atoms with E-state index in [-0.39, 0.29) is 18.2 Å². The highest BCUT2D eigenvalue weighted by Crippen LogP contribution is 2.19. The Labute approximate surface area is 209 Å². The Balaban J connectivity index is 1.94. The molecule has 1 unspecified atom stereocenters. The molecule has 0 aliphatic carbocycles. The third-order valence-electron chi connectivity index (χ3n) is 5.33. The number of halogens is 2. The minimum absolute atomic E-state index is 0.118. The number of amides is 2. The van der Waals surface area contributed by atoms with Crippen LogP contribution in [0.1, 0.15) is 30.0 Å². The Morgan fingerprint density at radius 1 is 0.939 bits per heavy atom. The summed E-state index contributed by atoms with van der Waals surface area (Å²) in [5.74, 6) is -0.259. The molecule has 0 bridgehead atoms. The first-order valence-corrected chi connectivity index (χ1v) is 12.2. The van der Waals surface area contributed by atoms with E-state index in [1.807, 2.05) is 73.7 Å². The zero-order valence-corrected chi connectivity index (χ0v) is 21.0. The Morgan fingerprint density at radius 2 is 1.64 bits per heavy atom. The van der Waals surface area contributed by atoms with Crippen molar-refractivity contribution in [2.24, 2.45) is 0 Å². The van der Waals surface area contributed by atoms with E-state index in [1.165, 1.54) is 0 Å². The Morgan fingerprint density at radius 3 is 2.30 bits per heavy atom. The summed E-state index contributed by atoms with van der Waals surface area (Å²) in [5, 5.41) is 3.58. The minimum Gasteiger partial charge on any atom is -0.354 e. The van der Waals surface area contributed by atoms with Gasteiger partial charge in [0, 0.05) is 29.0 Å². The monoisotopic (exact) mass is 526 g/mol. The van der Waals surface area contributed by atoms with Crippen LogP contribution in [0.2, 0.25) is 5.02 Å². The first-order chi connectivity index (χ1) is 16.0. The summed E-state index contributed by atoms with van der Waals surface area (Å²) in [4.78, 5) is 28.6. The average molecular weight is 528 g/mol. The highest BCUT2D eigenvalue weighted by molar-refractivity contribution is 9.10. The van der Waals surface area contributed by atoms with Crippen molar-refractivity contribution in [2.75, 3.05) is 6.54 Å². The van der Waals surface area contributed by atoms with Crippen molar-refractivity contribution in [3.8, 4) is 0 Å². The number of nitrogens with one attached hydrogen (secondary N) is 1. The van der Waals surface area contributed by atoms with Crippen molar-refractivity contribution >= 4 is 39.3 Å². The number of carbonyl (C=O) groups is 2. The summed E-state index contributed by atoms with van der Waals surface area (Å²) in [6, 6.07) is 24.3. The maximum absolute atomic E-state index is 13.6. The van der Waals surface area contributed by atoms with Crippen LogP contribution in [0.5, 0.6) is 0 Å². The third-order valence-corrected chi connectivity index (χ3v) is 6.09. The lowest BCUT2D eigenvalue weighted by molar-refractivity contribution is -0.140. The van der Waals surface area contributed by atoms with E-state index >= 15 is 0 Å². The van der Waals surface area contributed by atoms with Gasteiger partial charge in [-0.25, -0.2) is 0 Å². The number of carbonyl (C=O) groups excluding carboxylic acids is 2. The van der Waals surface area contributed by atoms with Crippen molar-refractivity contribution in [1.29, 1.82) is 0 Å². The topological polar surface area (TPSA) is 49.4 Å². The number of nitrogens with zero attached hydrogens (tertiary/aromatic N) is 1. The van der Waals surface area contributed by atoms with E-state index in [4.69, 9.17) is 11.6 Å². The number of hydrogen-bond acceptors (Lipinski definition) is 2. The molecule has 3 rings (SSSR count). The molecule has 0 aromatic heterocycles. The lowest BCUT2D eigenvalue weighted by atomic mass is 10.0. The van der Waals surface area contributed by atoms with Crippen molar-refractivity contribution in [2.45, 2.75) is 38.8 Å². The second-order valence-electron chi connectivity index (χ2n) is 7.95. The maximum atomic E-state index is 13.6. The fourth-order valence-electron chi connectivity index (χ4n) is 3.63. The molecule has 4 nitrogen and oxygen atoms in total. The quantitative estimate of drug-likeness (QED) is 0.362. The normalized spacial score (nSPS) is 11.6. The molecule has 3 aromatic carbocycles. The molecule has 6 heteroatoms. The molecule has 0 saturated carbocycles. The van der Waals surface area contributed by atoms with Crippen molar-refractivity contribution in [3.63, 3.8) is 0 Å². The molecule has 0 heterocycles. The second kappa shape index (κ2) is 12.6. The molecule has 3 aromatic rings. The standard InChI is InChI=1S/C27H28BrClN2O2/c1-2-15-30-27(33)25(17-20-7-4-3-5-8-20)31(19-21-11-13-23(28)14-12-21)26(32)18-22-9-6-10-24(29)16-22/h3-14,16,25H,2,15,17-19H2,1H3,(H,30,33). The van der Waals surface area contributed by atoms with Crippen LogP contribution in [-0.4, -0.2) is 29.3 Å². The zero-order valence-electron chi connectivity index (χ0n) is 18.6. The van der Waals surface area contributed by atoms with E-state index in [0.29, 0.717) is 24.5 Å². The summed E-state index contributed by atoms with van der Waals surface area (Å²) in [6.07, 6.45) is 1.44. The van der Waals surface area contributed by atoms with Crippen LogP contribution in [0.3, 0.4) is 0 Å². The Bertz CT molecular complexity index is 1060. The van der Waals surface area contributed by atoms with Crippen LogP contribution in [0.15, 0.2) is 83.3 Å². The lowest BCUT2D eigenvalue weighted by Gasteiger charge is -2.31. The third kappa shape index (κ3) is 7.72. The molecule has 0 spiro atoms. The van der Waals surface area contributed by atoms with Crippen LogP contribution in [-0.2, 0) is 29.0 Å². The molecular weight excluding hydrogens is 500 g/mol. The molecule has 0 saturated heterocycles. The van der Waals surface area contributed by atoms with Gasteiger partial charge in [-0.15, -0.1) is 0 Å². The fraction of sp³-hybridized carbons (Fsp3) is 0.259. The van der Waals surface area contributed by atoms with Gasteiger partial charge in [0.1, 0.15) is 6.04 Å². The van der Waals surface area contributed by atoms with Gasteiger partial charge in [-0.1, -0.05) is 89.1 Å². The highest BCUT2D eigenvalue weighted by atomic mass is 79.9. The fourth-order valence-corrected chi connectivity index (χ4v) is 4.11. The van der Waals surface area contributed by atoms with Gasteiger partial charge in [0.2, 0.25) is 11.8 Å². The van der Waals surface area contributed by atoms with Crippen molar-refractivity contribution in [1.82, 2.24) is 10.2 Å². The second-order valence-corrected chi connectivity index (χ2v) is 9.30. The number of hydrogen-bond donors (Lipinski definition) is 1. The molecule has 0 radical (unpaired) electrons. The van der Waals surface area contributed by atoms with Crippen LogP contribution in [0.4, 0.5) is 0 Å². The Hall–Kier alpha value is -2.63. The summed E-state index contributed by atoms with van der Waals surface area (Å²) in [7, 11) is 0. The molecule has 1 atom stereocenters. The average Bonchev–Trinajstić information content (AvgIpc) is 2.81. The first kappa shape index (κ1) is 25.0. The number of rotatable bonds is 10. The van der Waals surface area contributed by atoms with E-state index < -0.39 is 6.04 Å². The van der Waals surface area contributed by atoms with Gasteiger partial charge >= 0.3 is 0 Å². The van der Waals surface area contributed by atoms with Crippen LogP contribution in [0.25, 0.3) is 0 Å². The highest BCUT2D eigenvalue weighted by Gasteiger charge is 2.30. The van der Waals surface area contributed by atoms with Crippen molar-refractivity contribution < 1.29 is 9.59 Å². The van der Waals surface area contributed by atoms with Crippen LogP contribution in [0, 0.1) is 0 Å². The van der Waals surface area contributed by atoms with Gasteiger partial charge in [0.05, 0.1) is 6.42 Å². The van der Waals surface area contributed by atoms with Crippen LogP contribution < -0.4 is 5.32 Å². The summed E-state index contributed by atoms with van der Waals surface area (Å²) in [5.41, 5.74) is 2.78. The SMILES string of the molecule is CCCNC(=O)C(Cc1ccccc1)N(Cc1ccc(Br)cc1)C(=O)Cc1cccc(Cl)c1. The van der Waals surface area contributed by atoms with E-state index in [2.05, 4.69) is 21.2 Å². The van der Waals surface area contributed by atoms with Gasteiger partial charge in [-0.05, 0) is 47.4 Å².